The largest absolute Gasteiger partial charge is 0.458 e. The van der Waals surface area contributed by atoms with Gasteiger partial charge in [-0.15, -0.1) is 0 Å². The smallest absolute Gasteiger partial charge is 0.164 e. The Bertz CT molecular complexity index is 2410. The molecular weight excluding hydrogens is 595 g/mol. The van der Waals surface area contributed by atoms with E-state index >= 15 is 0 Å². The highest BCUT2D eigenvalue weighted by molar-refractivity contribution is 7.01. The van der Waals surface area contributed by atoms with Gasteiger partial charge < -0.3 is 9.15 Å². The van der Waals surface area contributed by atoms with Crippen LogP contribution in [0.3, 0.4) is 0 Å². The molecule has 0 amide bonds. The molecule has 5 nitrogen and oxygen atoms in total. The van der Waals surface area contributed by atoms with Gasteiger partial charge in [-0.25, -0.2) is 15.0 Å². The van der Waals surface area contributed by atoms with Gasteiger partial charge in [0.15, 0.2) is 17.5 Å². The highest BCUT2D eigenvalue weighted by Crippen LogP contribution is 2.39. The predicted octanol–water partition coefficient (Wildman–Crippen LogP) is 9.37. The van der Waals surface area contributed by atoms with Crippen LogP contribution in [0.5, 0.6) is 11.5 Å². The fourth-order valence-electron chi connectivity index (χ4n) is 6.73. The van der Waals surface area contributed by atoms with Crippen molar-refractivity contribution in [2.24, 2.45) is 0 Å². The van der Waals surface area contributed by atoms with E-state index < -0.39 is 8.07 Å². The van der Waals surface area contributed by atoms with E-state index in [0.717, 1.165) is 61.3 Å². The van der Waals surface area contributed by atoms with Crippen LogP contribution in [0, 0.1) is 0 Å². The highest BCUT2D eigenvalue weighted by atomic mass is 28.3. The summed E-state index contributed by atoms with van der Waals surface area (Å²) in [5, 5.41) is 4.75. The first-order valence-corrected chi connectivity index (χ1v) is 18.8. The van der Waals surface area contributed by atoms with Gasteiger partial charge in [-0.05, 0) is 40.2 Å². The van der Waals surface area contributed by atoms with Gasteiger partial charge in [0, 0.05) is 33.0 Å². The van der Waals surface area contributed by atoms with Crippen LogP contribution >= 0.6 is 0 Å². The molecule has 0 unspecified atom stereocenters. The molecule has 6 aromatic carbocycles. The van der Waals surface area contributed by atoms with Crippen molar-refractivity contribution in [1.29, 1.82) is 0 Å². The maximum absolute atomic E-state index is 6.67. The first kappa shape index (κ1) is 27.5. The maximum atomic E-state index is 6.67. The molecule has 0 fully saturated rings. The summed E-state index contributed by atoms with van der Waals surface area (Å²) in [4.78, 5) is 14.7. The number of nitrogens with zero attached hydrogens (tertiary/aromatic N) is 3. The molecule has 8 aromatic rings. The third-order valence-corrected chi connectivity index (χ3v) is 12.7. The third-order valence-electron chi connectivity index (χ3n) is 9.20. The van der Waals surface area contributed by atoms with E-state index in [-0.39, 0.29) is 0 Å². The van der Waals surface area contributed by atoms with Crippen molar-refractivity contribution in [2.75, 3.05) is 0 Å². The van der Waals surface area contributed by atoms with Crippen LogP contribution in [0.2, 0.25) is 13.1 Å². The summed E-state index contributed by atoms with van der Waals surface area (Å²) >= 11 is 0. The molecule has 47 heavy (non-hydrogen) atoms. The standard InChI is InChI=1S/C41H29N3O2Si/c1-47(2)36-19-10-9-18-33(36)45-35-24-28(21-23-37(35)47)30-16-11-17-32-31-22-20-29(25-34(31)46-38(30)32)41-43-39(26-12-5-3-6-13-26)42-40(44-41)27-14-7-4-8-15-27/h3-25H,1-2H3. The van der Waals surface area contributed by atoms with Crippen molar-refractivity contribution in [1.82, 2.24) is 15.0 Å². The van der Waals surface area contributed by atoms with Gasteiger partial charge in [-0.2, -0.15) is 0 Å². The van der Waals surface area contributed by atoms with E-state index in [1.807, 2.05) is 72.8 Å². The van der Waals surface area contributed by atoms with E-state index in [4.69, 9.17) is 24.1 Å². The summed E-state index contributed by atoms with van der Waals surface area (Å²) in [6.07, 6.45) is 0. The minimum absolute atomic E-state index is 0.596. The number of para-hydroxylation sites is 2. The lowest BCUT2D eigenvalue weighted by atomic mass is 10.0. The molecule has 1 aliphatic rings. The summed E-state index contributed by atoms with van der Waals surface area (Å²) in [5.74, 6) is 3.76. The van der Waals surface area contributed by atoms with E-state index in [9.17, 15) is 0 Å². The number of rotatable bonds is 4. The molecule has 0 atom stereocenters. The van der Waals surface area contributed by atoms with Crippen LogP contribution in [-0.4, -0.2) is 23.0 Å². The van der Waals surface area contributed by atoms with Crippen LogP contribution in [0.25, 0.3) is 67.2 Å². The van der Waals surface area contributed by atoms with Crippen molar-refractivity contribution < 1.29 is 9.15 Å². The third kappa shape index (κ3) is 4.56. The van der Waals surface area contributed by atoms with Gasteiger partial charge in [0.05, 0.1) is 0 Å². The average molecular weight is 624 g/mol. The van der Waals surface area contributed by atoms with E-state index in [1.54, 1.807) is 0 Å². The fraction of sp³-hybridized carbons (Fsp3) is 0.0488. The molecule has 0 N–H and O–H groups in total. The zero-order valence-corrected chi connectivity index (χ0v) is 26.9. The van der Waals surface area contributed by atoms with Gasteiger partial charge in [-0.1, -0.05) is 128 Å². The van der Waals surface area contributed by atoms with Gasteiger partial charge >= 0.3 is 0 Å². The summed E-state index contributed by atoms with van der Waals surface area (Å²) in [6, 6.07) is 47.7. The Morgan fingerprint density at radius 2 is 1.09 bits per heavy atom. The lowest BCUT2D eigenvalue weighted by Gasteiger charge is -2.33. The molecule has 0 aliphatic carbocycles. The Labute approximate surface area is 273 Å². The highest BCUT2D eigenvalue weighted by Gasteiger charge is 2.36. The summed E-state index contributed by atoms with van der Waals surface area (Å²) < 4.78 is 13.1. The van der Waals surface area contributed by atoms with E-state index in [0.29, 0.717) is 17.5 Å². The SMILES string of the molecule is C[Si]1(C)c2ccccc2Oc2cc(-c3cccc4c3oc3cc(-c5nc(-c6ccccc6)nc(-c6ccccc6)n5)ccc34)ccc21. The second kappa shape index (κ2) is 10.6. The van der Waals surface area contributed by atoms with Gasteiger partial charge in [0.1, 0.15) is 30.7 Å². The normalized spacial score (nSPS) is 13.2. The van der Waals surface area contributed by atoms with E-state index in [2.05, 4.69) is 79.8 Å². The van der Waals surface area contributed by atoms with Crippen LogP contribution in [0.4, 0.5) is 0 Å². The Balaban J connectivity index is 1.16. The molecule has 6 heteroatoms. The fourth-order valence-corrected chi connectivity index (χ4v) is 9.52. The Morgan fingerprint density at radius 3 is 1.81 bits per heavy atom. The van der Waals surface area contributed by atoms with Crippen LogP contribution < -0.4 is 15.1 Å². The molecule has 224 valence electrons. The van der Waals surface area contributed by atoms with Crippen molar-refractivity contribution in [3.05, 3.63) is 140 Å². The van der Waals surface area contributed by atoms with Crippen molar-refractivity contribution in [3.8, 4) is 56.8 Å². The number of hydrogen-bond donors (Lipinski definition) is 0. The first-order chi connectivity index (χ1) is 23.0. The minimum atomic E-state index is -1.89. The predicted molar refractivity (Wildman–Crippen MR) is 192 cm³/mol. The lowest BCUT2D eigenvalue weighted by Crippen LogP contribution is -2.55. The van der Waals surface area contributed by atoms with Gasteiger partial charge in [-0.3, -0.25) is 0 Å². The van der Waals surface area contributed by atoms with Crippen molar-refractivity contribution >= 4 is 40.4 Å². The summed E-state index contributed by atoms with van der Waals surface area (Å²) in [5.41, 5.74) is 6.46. The first-order valence-electron chi connectivity index (χ1n) is 15.8. The van der Waals surface area contributed by atoms with Crippen LogP contribution in [-0.2, 0) is 0 Å². The summed E-state index contributed by atoms with van der Waals surface area (Å²) in [6.45, 7) is 4.78. The quantitative estimate of drug-likeness (QED) is 0.183. The Kier molecular flexibility index (Phi) is 6.20. The van der Waals surface area contributed by atoms with Gasteiger partial charge in [0.2, 0.25) is 0 Å². The molecule has 0 spiro atoms. The Hall–Kier alpha value is -5.85. The topological polar surface area (TPSA) is 61.0 Å². The molecule has 0 bridgehead atoms. The maximum Gasteiger partial charge on any atom is 0.164 e. The minimum Gasteiger partial charge on any atom is -0.458 e. The monoisotopic (exact) mass is 623 g/mol. The zero-order chi connectivity index (χ0) is 31.5. The lowest BCUT2D eigenvalue weighted by molar-refractivity contribution is 0.487. The number of hydrogen-bond acceptors (Lipinski definition) is 5. The molecule has 0 saturated heterocycles. The second-order valence-corrected chi connectivity index (χ2v) is 16.8. The molecule has 0 radical (unpaired) electrons. The van der Waals surface area contributed by atoms with Crippen LogP contribution in [0.1, 0.15) is 0 Å². The number of benzene rings is 6. The van der Waals surface area contributed by atoms with Gasteiger partial charge in [0.25, 0.3) is 0 Å². The number of fused-ring (bicyclic) bond motifs is 5. The molecule has 9 rings (SSSR count). The molecule has 3 heterocycles. The average Bonchev–Trinajstić information content (AvgIpc) is 3.50. The molecule has 2 aromatic heterocycles. The Morgan fingerprint density at radius 1 is 0.468 bits per heavy atom. The molecular formula is C41H29N3O2Si. The second-order valence-electron chi connectivity index (χ2n) is 12.5. The number of furan rings is 1. The number of ether oxygens (including phenoxy) is 1. The van der Waals surface area contributed by atoms with Crippen LogP contribution in [0.15, 0.2) is 144 Å². The van der Waals surface area contributed by atoms with Crippen molar-refractivity contribution in [2.45, 2.75) is 13.1 Å². The molecule has 0 saturated carbocycles. The van der Waals surface area contributed by atoms with E-state index in [1.165, 1.54) is 10.4 Å². The summed E-state index contributed by atoms with van der Waals surface area (Å²) in [7, 11) is -1.89. The number of aromatic nitrogens is 3. The molecule has 1 aliphatic heterocycles. The van der Waals surface area contributed by atoms with Crippen molar-refractivity contribution in [3.63, 3.8) is 0 Å². The zero-order valence-electron chi connectivity index (χ0n) is 25.9.